The van der Waals surface area contributed by atoms with Gasteiger partial charge in [-0.3, -0.25) is 9.48 Å². The van der Waals surface area contributed by atoms with Gasteiger partial charge in [0.15, 0.2) is 0 Å². The largest absolute Gasteiger partial charge is 0.341 e. The van der Waals surface area contributed by atoms with Gasteiger partial charge in [0.05, 0.1) is 0 Å². The molecular formula is C14H24N4O. The Kier molecular flexibility index (Phi) is 5.39. The SMILES string of the molecule is CCCN(CC1CCNCC1)C(=O)Cn1cccn1. The molecule has 0 spiro atoms. The van der Waals surface area contributed by atoms with Gasteiger partial charge in [-0.25, -0.2) is 0 Å². The highest BCUT2D eigenvalue weighted by Crippen LogP contribution is 2.14. The third kappa shape index (κ3) is 4.35. The van der Waals surface area contributed by atoms with Gasteiger partial charge in [-0.15, -0.1) is 0 Å². The molecule has 1 saturated heterocycles. The summed E-state index contributed by atoms with van der Waals surface area (Å²) >= 11 is 0. The van der Waals surface area contributed by atoms with E-state index in [1.807, 2.05) is 17.2 Å². The quantitative estimate of drug-likeness (QED) is 0.837. The van der Waals surface area contributed by atoms with E-state index in [9.17, 15) is 4.79 Å². The molecular weight excluding hydrogens is 240 g/mol. The molecule has 0 saturated carbocycles. The van der Waals surface area contributed by atoms with Crippen LogP contribution in [-0.2, 0) is 11.3 Å². The molecule has 0 aromatic carbocycles. The summed E-state index contributed by atoms with van der Waals surface area (Å²) in [6, 6.07) is 1.85. The zero-order valence-electron chi connectivity index (χ0n) is 11.7. The summed E-state index contributed by atoms with van der Waals surface area (Å²) in [6.07, 6.45) is 6.91. The number of carbonyl (C=O) groups excluding carboxylic acids is 1. The maximum Gasteiger partial charge on any atom is 0.244 e. The monoisotopic (exact) mass is 264 g/mol. The van der Waals surface area contributed by atoms with Crippen molar-refractivity contribution in [1.82, 2.24) is 20.0 Å². The minimum absolute atomic E-state index is 0.184. The molecule has 106 valence electrons. The lowest BCUT2D eigenvalue weighted by Crippen LogP contribution is -2.41. The van der Waals surface area contributed by atoms with Crippen molar-refractivity contribution in [3.8, 4) is 0 Å². The fourth-order valence-electron chi connectivity index (χ4n) is 2.60. The lowest BCUT2D eigenvalue weighted by Gasteiger charge is -2.30. The van der Waals surface area contributed by atoms with Gasteiger partial charge in [0.25, 0.3) is 0 Å². The average Bonchev–Trinajstić information content (AvgIpc) is 2.92. The van der Waals surface area contributed by atoms with Crippen LogP contribution in [0, 0.1) is 5.92 Å². The number of carbonyl (C=O) groups is 1. The summed E-state index contributed by atoms with van der Waals surface area (Å²) in [5.41, 5.74) is 0. The lowest BCUT2D eigenvalue weighted by molar-refractivity contribution is -0.132. The molecule has 1 aromatic heterocycles. The second kappa shape index (κ2) is 7.28. The van der Waals surface area contributed by atoms with Crippen LogP contribution in [-0.4, -0.2) is 46.8 Å². The minimum atomic E-state index is 0.184. The predicted molar refractivity (Wildman–Crippen MR) is 74.7 cm³/mol. The molecule has 0 aliphatic carbocycles. The number of nitrogens with zero attached hydrogens (tertiary/aromatic N) is 3. The highest BCUT2D eigenvalue weighted by atomic mass is 16.2. The van der Waals surface area contributed by atoms with Crippen molar-refractivity contribution in [1.29, 1.82) is 0 Å². The van der Waals surface area contributed by atoms with E-state index in [1.54, 1.807) is 10.9 Å². The first-order chi connectivity index (χ1) is 9.29. The first-order valence-electron chi connectivity index (χ1n) is 7.25. The topological polar surface area (TPSA) is 50.2 Å². The van der Waals surface area contributed by atoms with Crippen LogP contribution in [0.3, 0.4) is 0 Å². The van der Waals surface area contributed by atoms with E-state index in [1.165, 1.54) is 12.8 Å². The summed E-state index contributed by atoms with van der Waals surface area (Å²) < 4.78 is 1.70. The van der Waals surface area contributed by atoms with Crippen molar-refractivity contribution < 1.29 is 4.79 Å². The molecule has 1 N–H and O–H groups in total. The van der Waals surface area contributed by atoms with E-state index in [0.717, 1.165) is 32.6 Å². The fourth-order valence-corrected chi connectivity index (χ4v) is 2.60. The molecule has 2 rings (SSSR count). The number of hydrogen-bond donors (Lipinski definition) is 1. The Labute approximate surface area is 115 Å². The third-order valence-corrected chi connectivity index (χ3v) is 3.64. The first-order valence-corrected chi connectivity index (χ1v) is 7.25. The number of aromatic nitrogens is 2. The van der Waals surface area contributed by atoms with Crippen LogP contribution in [0.4, 0.5) is 0 Å². The van der Waals surface area contributed by atoms with Gasteiger partial charge >= 0.3 is 0 Å². The standard InChI is InChI=1S/C14H24N4O/c1-2-9-17(11-13-4-7-15-8-5-13)14(19)12-18-10-3-6-16-18/h3,6,10,13,15H,2,4-5,7-9,11-12H2,1H3. The highest BCUT2D eigenvalue weighted by Gasteiger charge is 2.20. The summed E-state index contributed by atoms with van der Waals surface area (Å²) in [4.78, 5) is 14.3. The van der Waals surface area contributed by atoms with Crippen LogP contribution < -0.4 is 5.32 Å². The van der Waals surface area contributed by atoms with Crippen LogP contribution in [0.5, 0.6) is 0 Å². The normalized spacial score (nSPS) is 16.5. The molecule has 1 amide bonds. The van der Waals surface area contributed by atoms with Crippen molar-refractivity contribution >= 4 is 5.91 Å². The predicted octanol–water partition coefficient (Wildman–Crippen LogP) is 1.12. The van der Waals surface area contributed by atoms with Crippen molar-refractivity contribution in [2.45, 2.75) is 32.7 Å². The van der Waals surface area contributed by atoms with Gasteiger partial charge in [-0.2, -0.15) is 5.10 Å². The second-order valence-electron chi connectivity index (χ2n) is 5.24. The molecule has 5 heteroatoms. The van der Waals surface area contributed by atoms with E-state index < -0.39 is 0 Å². The molecule has 0 unspecified atom stereocenters. The van der Waals surface area contributed by atoms with Crippen LogP contribution >= 0.6 is 0 Å². The molecule has 1 aliphatic heterocycles. The maximum atomic E-state index is 12.3. The van der Waals surface area contributed by atoms with Gasteiger partial charge in [0.2, 0.25) is 5.91 Å². The number of amides is 1. The number of rotatable bonds is 6. The van der Waals surface area contributed by atoms with E-state index in [0.29, 0.717) is 12.5 Å². The Morgan fingerprint density at radius 3 is 2.89 bits per heavy atom. The molecule has 0 radical (unpaired) electrons. The average molecular weight is 264 g/mol. The number of hydrogen-bond acceptors (Lipinski definition) is 3. The zero-order chi connectivity index (χ0) is 13.5. The van der Waals surface area contributed by atoms with Crippen molar-refractivity contribution in [2.24, 2.45) is 5.92 Å². The second-order valence-corrected chi connectivity index (χ2v) is 5.24. The summed E-state index contributed by atoms with van der Waals surface area (Å²) in [5.74, 6) is 0.832. The van der Waals surface area contributed by atoms with Gasteiger partial charge in [-0.1, -0.05) is 6.92 Å². The van der Waals surface area contributed by atoms with Gasteiger partial charge in [0, 0.05) is 25.5 Å². The molecule has 1 aliphatic rings. The summed E-state index contributed by atoms with van der Waals surface area (Å²) in [5, 5.41) is 7.47. The van der Waals surface area contributed by atoms with Crippen molar-refractivity contribution in [3.63, 3.8) is 0 Å². The molecule has 1 fully saturated rings. The van der Waals surface area contributed by atoms with Gasteiger partial charge < -0.3 is 10.2 Å². The van der Waals surface area contributed by atoms with Crippen LogP contribution in [0.25, 0.3) is 0 Å². The first kappa shape index (κ1) is 14.1. The molecule has 0 bridgehead atoms. The molecule has 2 heterocycles. The number of piperidine rings is 1. The highest BCUT2D eigenvalue weighted by molar-refractivity contribution is 5.75. The van der Waals surface area contributed by atoms with E-state index in [2.05, 4.69) is 17.3 Å². The Morgan fingerprint density at radius 1 is 1.47 bits per heavy atom. The van der Waals surface area contributed by atoms with E-state index >= 15 is 0 Å². The third-order valence-electron chi connectivity index (χ3n) is 3.64. The van der Waals surface area contributed by atoms with Crippen LogP contribution in [0.2, 0.25) is 0 Å². The van der Waals surface area contributed by atoms with E-state index in [4.69, 9.17) is 0 Å². The molecule has 19 heavy (non-hydrogen) atoms. The van der Waals surface area contributed by atoms with Crippen LogP contribution in [0.15, 0.2) is 18.5 Å². The summed E-state index contributed by atoms with van der Waals surface area (Å²) in [7, 11) is 0. The van der Waals surface area contributed by atoms with Crippen molar-refractivity contribution in [3.05, 3.63) is 18.5 Å². The Bertz CT molecular complexity index is 371. The van der Waals surface area contributed by atoms with Crippen LogP contribution in [0.1, 0.15) is 26.2 Å². The van der Waals surface area contributed by atoms with Crippen molar-refractivity contribution in [2.75, 3.05) is 26.2 Å². The minimum Gasteiger partial charge on any atom is -0.341 e. The number of nitrogens with one attached hydrogen (secondary N) is 1. The fraction of sp³-hybridized carbons (Fsp3) is 0.714. The molecule has 5 nitrogen and oxygen atoms in total. The Balaban J connectivity index is 1.88. The Hall–Kier alpha value is -1.36. The lowest BCUT2D eigenvalue weighted by atomic mass is 9.97. The van der Waals surface area contributed by atoms with E-state index in [-0.39, 0.29) is 5.91 Å². The molecule has 1 aromatic rings. The Morgan fingerprint density at radius 2 is 2.26 bits per heavy atom. The summed E-state index contributed by atoms with van der Waals surface area (Å²) in [6.45, 7) is 6.39. The molecule has 0 atom stereocenters. The van der Waals surface area contributed by atoms with Gasteiger partial charge in [0.1, 0.15) is 6.54 Å². The maximum absolute atomic E-state index is 12.3. The smallest absolute Gasteiger partial charge is 0.244 e. The zero-order valence-corrected chi connectivity index (χ0v) is 11.7. The van der Waals surface area contributed by atoms with Gasteiger partial charge in [-0.05, 0) is 44.3 Å².